The molecule has 0 N–H and O–H groups in total. The van der Waals surface area contributed by atoms with Crippen LogP contribution in [0.15, 0.2) is 218 Å². The molecule has 11 aromatic rings. The molecule has 0 aliphatic carbocycles. The lowest BCUT2D eigenvalue weighted by atomic mass is 9.84. The van der Waals surface area contributed by atoms with Crippen molar-refractivity contribution >= 4 is 43.1 Å². The first kappa shape index (κ1) is 33.6. The van der Waals surface area contributed by atoms with Crippen molar-refractivity contribution in [1.82, 2.24) is 9.97 Å². The van der Waals surface area contributed by atoms with Crippen molar-refractivity contribution < 1.29 is 0 Å². The number of hydrogen-bond donors (Lipinski definition) is 0. The Morgan fingerprint density at radius 1 is 0.224 bits per heavy atom. The standard InChI is InChI=1S/C56H36N2/c1-3-15-40(16-4-1)52-36-53(41-17-5-2-6-18-41)58-56(57-52)42-27-23-39(24-28-42)45-31-32-50-51(35-45)55(47-30-26-38-14-8-10-20-44(38)34-47)49-22-12-11-21-48(49)54(50)46-29-25-37-13-7-9-19-43(37)33-46/h1-36H. The minimum Gasteiger partial charge on any atom is -0.228 e. The molecule has 1 aromatic heterocycles. The Kier molecular flexibility index (Phi) is 8.19. The lowest BCUT2D eigenvalue weighted by molar-refractivity contribution is 1.18. The van der Waals surface area contributed by atoms with Crippen LogP contribution in [0, 0.1) is 0 Å². The fourth-order valence-corrected chi connectivity index (χ4v) is 8.57. The van der Waals surface area contributed by atoms with Crippen molar-refractivity contribution in [2.75, 3.05) is 0 Å². The van der Waals surface area contributed by atoms with Gasteiger partial charge >= 0.3 is 0 Å². The summed E-state index contributed by atoms with van der Waals surface area (Å²) in [5.74, 6) is 0.704. The first-order chi connectivity index (χ1) is 28.7. The molecule has 270 valence electrons. The summed E-state index contributed by atoms with van der Waals surface area (Å²) in [6, 6.07) is 78.4. The van der Waals surface area contributed by atoms with Crippen LogP contribution in [0.5, 0.6) is 0 Å². The highest BCUT2D eigenvalue weighted by Gasteiger charge is 2.19. The van der Waals surface area contributed by atoms with E-state index >= 15 is 0 Å². The van der Waals surface area contributed by atoms with E-state index < -0.39 is 0 Å². The molecule has 2 heteroatoms. The molecule has 0 atom stereocenters. The third kappa shape index (κ3) is 6.00. The summed E-state index contributed by atoms with van der Waals surface area (Å²) in [7, 11) is 0. The molecule has 0 fully saturated rings. The zero-order valence-electron chi connectivity index (χ0n) is 31.7. The molecule has 0 spiro atoms. The summed E-state index contributed by atoms with van der Waals surface area (Å²) < 4.78 is 0. The van der Waals surface area contributed by atoms with Gasteiger partial charge < -0.3 is 0 Å². The van der Waals surface area contributed by atoms with Gasteiger partial charge in [-0.1, -0.05) is 194 Å². The topological polar surface area (TPSA) is 25.8 Å². The predicted octanol–water partition coefficient (Wildman–Crippen LogP) is 15.1. The highest BCUT2D eigenvalue weighted by Crippen LogP contribution is 2.46. The van der Waals surface area contributed by atoms with Crippen LogP contribution in [0.2, 0.25) is 0 Å². The van der Waals surface area contributed by atoms with E-state index in [1.165, 1.54) is 65.3 Å². The van der Waals surface area contributed by atoms with Gasteiger partial charge in [-0.2, -0.15) is 0 Å². The molecule has 1 heterocycles. The van der Waals surface area contributed by atoms with Crippen molar-refractivity contribution in [2.24, 2.45) is 0 Å². The maximum atomic E-state index is 5.08. The number of aromatic nitrogens is 2. The third-order valence-corrected chi connectivity index (χ3v) is 11.4. The van der Waals surface area contributed by atoms with Gasteiger partial charge in [0.15, 0.2) is 5.82 Å². The van der Waals surface area contributed by atoms with E-state index in [2.05, 4.69) is 206 Å². The van der Waals surface area contributed by atoms with Gasteiger partial charge in [-0.3, -0.25) is 0 Å². The Hall–Kier alpha value is -7.68. The first-order valence-corrected chi connectivity index (χ1v) is 19.8. The van der Waals surface area contributed by atoms with E-state index in [1.54, 1.807) is 0 Å². The van der Waals surface area contributed by atoms with Crippen molar-refractivity contribution in [3.05, 3.63) is 218 Å². The molecule has 11 rings (SSSR count). The second-order valence-electron chi connectivity index (χ2n) is 15.0. The van der Waals surface area contributed by atoms with Crippen LogP contribution in [0.1, 0.15) is 0 Å². The van der Waals surface area contributed by atoms with Gasteiger partial charge in [0, 0.05) is 16.7 Å². The largest absolute Gasteiger partial charge is 0.228 e. The highest BCUT2D eigenvalue weighted by atomic mass is 14.9. The molecule has 0 radical (unpaired) electrons. The SMILES string of the molecule is c1ccc(-c2cc(-c3ccccc3)nc(-c3ccc(-c4ccc5c(-c6ccc7ccccc7c6)c6ccccc6c(-c6ccc7ccccc7c6)c5c4)cc3)n2)cc1. The number of fused-ring (bicyclic) bond motifs is 4. The molecule has 58 heavy (non-hydrogen) atoms. The van der Waals surface area contributed by atoms with Gasteiger partial charge in [-0.25, -0.2) is 9.97 Å². The molecule has 0 bridgehead atoms. The van der Waals surface area contributed by atoms with Crippen LogP contribution >= 0.6 is 0 Å². The van der Waals surface area contributed by atoms with Crippen molar-refractivity contribution in [2.45, 2.75) is 0 Å². The summed E-state index contributed by atoms with van der Waals surface area (Å²) in [5, 5.41) is 9.90. The number of benzene rings is 10. The molecular formula is C56H36N2. The van der Waals surface area contributed by atoms with Gasteiger partial charge in [-0.05, 0) is 101 Å². The van der Waals surface area contributed by atoms with Crippen LogP contribution in [-0.4, -0.2) is 9.97 Å². The molecule has 0 saturated heterocycles. The normalized spacial score (nSPS) is 11.4. The average molecular weight is 737 g/mol. The van der Waals surface area contributed by atoms with Crippen molar-refractivity contribution in [1.29, 1.82) is 0 Å². The summed E-state index contributed by atoms with van der Waals surface area (Å²) >= 11 is 0. The molecule has 0 aliphatic heterocycles. The maximum Gasteiger partial charge on any atom is 0.160 e. The van der Waals surface area contributed by atoms with E-state index in [0.29, 0.717) is 5.82 Å². The third-order valence-electron chi connectivity index (χ3n) is 11.4. The molecule has 0 unspecified atom stereocenters. The van der Waals surface area contributed by atoms with E-state index in [4.69, 9.17) is 9.97 Å². The summed E-state index contributed by atoms with van der Waals surface area (Å²) in [5.41, 5.74) is 12.1. The van der Waals surface area contributed by atoms with E-state index in [9.17, 15) is 0 Å². The Balaban J connectivity index is 1.09. The number of nitrogens with zero attached hydrogens (tertiary/aromatic N) is 2. The Morgan fingerprint density at radius 3 is 1.19 bits per heavy atom. The van der Waals surface area contributed by atoms with E-state index in [0.717, 1.165) is 39.2 Å². The van der Waals surface area contributed by atoms with Gasteiger partial charge in [-0.15, -0.1) is 0 Å². The minimum absolute atomic E-state index is 0.704. The molecule has 0 aliphatic rings. The second kappa shape index (κ2) is 14.1. The molecule has 10 aromatic carbocycles. The van der Waals surface area contributed by atoms with Crippen molar-refractivity contribution in [3.63, 3.8) is 0 Å². The van der Waals surface area contributed by atoms with Gasteiger partial charge in [0.05, 0.1) is 11.4 Å². The average Bonchev–Trinajstić information content (AvgIpc) is 3.30. The second-order valence-corrected chi connectivity index (χ2v) is 15.0. The van der Waals surface area contributed by atoms with Crippen LogP contribution in [-0.2, 0) is 0 Å². The summed E-state index contributed by atoms with van der Waals surface area (Å²) in [4.78, 5) is 10.2. The summed E-state index contributed by atoms with van der Waals surface area (Å²) in [6.07, 6.45) is 0. The smallest absolute Gasteiger partial charge is 0.160 e. The van der Waals surface area contributed by atoms with Gasteiger partial charge in [0.2, 0.25) is 0 Å². The number of hydrogen-bond acceptors (Lipinski definition) is 2. The summed E-state index contributed by atoms with van der Waals surface area (Å²) in [6.45, 7) is 0. The van der Waals surface area contributed by atoms with Crippen molar-refractivity contribution in [3.8, 4) is 67.3 Å². The van der Waals surface area contributed by atoms with Gasteiger partial charge in [0.1, 0.15) is 0 Å². The predicted molar refractivity (Wildman–Crippen MR) is 245 cm³/mol. The van der Waals surface area contributed by atoms with E-state index in [-0.39, 0.29) is 0 Å². The molecule has 0 saturated carbocycles. The van der Waals surface area contributed by atoms with E-state index in [1.807, 2.05) is 12.1 Å². The van der Waals surface area contributed by atoms with Crippen LogP contribution in [0.3, 0.4) is 0 Å². The fraction of sp³-hybridized carbons (Fsp3) is 0. The van der Waals surface area contributed by atoms with Gasteiger partial charge in [0.25, 0.3) is 0 Å². The molecule has 2 nitrogen and oxygen atoms in total. The Bertz CT molecular complexity index is 3260. The first-order valence-electron chi connectivity index (χ1n) is 19.8. The minimum atomic E-state index is 0.704. The highest BCUT2D eigenvalue weighted by molar-refractivity contribution is 6.22. The monoisotopic (exact) mass is 736 g/mol. The lowest BCUT2D eigenvalue weighted by Crippen LogP contribution is -1.96. The zero-order chi connectivity index (χ0) is 38.4. The Labute approximate surface area is 337 Å². The maximum absolute atomic E-state index is 5.08. The quantitative estimate of drug-likeness (QED) is 0.159. The number of rotatable bonds is 6. The molecular weight excluding hydrogens is 701 g/mol. The molecule has 0 amide bonds. The fourth-order valence-electron chi connectivity index (χ4n) is 8.57. The lowest BCUT2D eigenvalue weighted by Gasteiger charge is -2.19. The zero-order valence-corrected chi connectivity index (χ0v) is 31.7. The van der Waals surface area contributed by atoms with Crippen LogP contribution in [0.25, 0.3) is 110 Å². The van der Waals surface area contributed by atoms with Crippen LogP contribution < -0.4 is 0 Å². The van der Waals surface area contributed by atoms with Crippen LogP contribution in [0.4, 0.5) is 0 Å². The Morgan fingerprint density at radius 2 is 0.638 bits per heavy atom.